The van der Waals surface area contributed by atoms with Crippen molar-refractivity contribution in [3.63, 3.8) is 0 Å². The summed E-state index contributed by atoms with van der Waals surface area (Å²) in [5.74, 6) is -6.61. The van der Waals surface area contributed by atoms with Crippen LogP contribution >= 0.6 is 0 Å². The van der Waals surface area contributed by atoms with Crippen molar-refractivity contribution in [2.24, 2.45) is 0 Å². The molecule has 0 radical (unpaired) electrons. The zero-order chi connectivity index (χ0) is 17.3. The molecule has 5 nitrogen and oxygen atoms in total. The van der Waals surface area contributed by atoms with Crippen LogP contribution < -0.4 is 10.6 Å². The molecule has 8 heteroatoms. The fourth-order valence-electron chi connectivity index (χ4n) is 2.90. The van der Waals surface area contributed by atoms with Gasteiger partial charge in [-0.1, -0.05) is 0 Å². The van der Waals surface area contributed by atoms with Crippen LogP contribution in [-0.2, 0) is 9.59 Å². The van der Waals surface area contributed by atoms with Crippen molar-refractivity contribution in [1.82, 2.24) is 10.2 Å². The van der Waals surface area contributed by atoms with Gasteiger partial charge in [0, 0.05) is 25.2 Å². The van der Waals surface area contributed by atoms with Gasteiger partial charge in [-0.15, -0.1) is 0 Å². The standard InChI is InChI=1S/C16H18F3N3O2/c17-11-3-4-12(14(19)13(11)18)21-16(24)15(23)20-9-5-7-22(8-6-9)10-1-2-10/h3-4,9-10H,1-2,5-8H2,(H,20,23)(H,21,24). The Hall–Kier alpha value is -2.09. The summed E-state index contributed by atoms with van der Waals surface area (Å²) in [4.78, 5) is 26.1. The first kappa shape index (κ1) is 16.8. The number of piperidine rings is 1. The third kappa shape index (κ3) is 3.69. The summed E-state index contributed by atoms with van der Waals surface area (Å²) in [6.07, 6.45) is 3.93. The van der Waals surface area contributed by atoms with E-state index in [2.05, 4.69) is 10.2 Å². The molecule has 2 amide bonds. The number of hydrogen-bond donors (Lipinski definition) is 2. The lowest BCUT2D eigenvalue weighted by Crippen LogP contribution is -2.48. The van der Waals surface area contributed by atoms with E-state index in [4.69, 9.17) is 0 Å². The van der Waals surface area contributed by atoms with E-state index in [1.165, 1.54) is 12.8 Å². The number of halogens is 3. The van der Waals surface area contributed by atoms with Gasteiger partial charge in [0.1, 0.15) is 0 Å². The molecule has 1 saturated heterocycles. The minimum absolute atomic E-state index is 0.118. The Bertz CT molecular complexity index is 656. The predicted molar refractivity (Wildman–Crippen MR) is 80.7 cm³/mol. The van der Waals surface area contributed by atoms with Crippen molar-refractivity contribution in [1.29, 1.82) is 0 Å². The molecule has 1 aromatic rings. The smallest absolute Gasteiger partial charge is 0.313 e. The average molecular weight is 341 g/mol. The van der Waals surface area contributed by atoms with Gasteiger partial charge in [-0.2, -0.15) is 0 Å². The minimum Gasteiger partial charge on any atom is -0.345 e. The number of hydrogen-bond acceptors (Lipinski definition) is 3. The van der Waals surface area contributed by atoms with Gasteiger partial charge < -0.3 is 15.5 Å². The van der Waals surface area contributed by atoms with E-state index in [-0.39, 0.29) is 6.04 Å². The van der Waals surface area contributed by atoms with Gasteiger partial charge in [0.2, 0.25) is 0 Å². The fourth-order valence-corrected chi connectivity index (χ4v) is 2.90. The normalized spacial score (nSPS) is 19.1. The zero-order valence-electron chi connectivity index (χ0n) is 12.9. The Morgan fingerprint density at radius 3 is 2.25 bits per heavy atom. The second-order valence-electron chi connectivity index (χ2n) is 6.19. The number of likely N-dealkylation sites (tertiary alicyclic amines) is 1. The Balaban J connectivity index is 1.52. The highest BCUT2D eigenvalue weighted by Crippen LogP contribution is 2.29. The molecule has 0 bridgehead atoms. The van der Waals surface area contributed by atoms with Crippen molar-refractivity contribution in [2.75, 3.05) is 18.4 Å². The number of rotatable bonds is 3. The van der Waals surface area contributed by atoms with Crippen molar-refractivity contribution < 1.29 is 22.8 Å². The second kappa shape index (κ2) is 6.80. The lowest BCUT2D eigenvalue weighted by atomic mass is 10.0. The quantitative estimate of drug-likeness (QED) is 0.651. The number of nitrogens with one attached hydrogen (secondary N) is 2. The first-order valence-corrected chi connectivity index (χ1v) is 7.95. The van der Waals surface area contributed by atoms with Crippen molar-refractivity contribution >= 4 is 17.5 Å². The zero-order valence-corrected chi connectivity index (χ0v) is 12.9. The van der Waals surface area contributed by atoms with E-state index in [0.29, 0.717) is 12.1 Å². The van der Waals surface area contributed by atoms with Crippen molar-refractivity contribution in [2.45, 2.75) is 37.8 Å². The van der Waals surface area contributed by atoms with Crippen LogP contribution in [0, 0.1) is 17.5 Å². The highest BCUT2D eigenvalue weighted by Gasteiger charge is 2.32. The molecule has 24 heavy (non-hydrogen) atoms. The van der Waals surface area contributed by atoms with Gasteiger partial charge in [0.25, 0.3) is 0 Å². The average Bonchev–Trinajstić information content (AvgIpc) is 3.41. The molecule has 0 aromatic heterocycles. The molecule has 2 aliphatic rings. The number of amides is 2. The molecule has 2 fully saturated rings. The summed E-state index contributed by atoms with van der Waals surface area (Å²) >= 11 is 0. The van der Waals surface area contributed by atoms with Crippen LogP contribution in [0.2, 0.25) is 0 Å². The van der Waals surface area contributed by atoms with Crippen LogP contribution in [0.1, 0.15) is 25.7 Å². The molecule has 1 aromatic carbocycles. The maximum Gasteiger partial charge on any atom is 0.313 e. The molecule has 0 unspecified atom stereocenters. The van der Waals surface area contributed by atoms with E-state index in [1.807, 2.05) is 5.32 Å². The highest BCUT2D eigenvalue weighted by atomic mass is 19.2. The van der Waals surface area contributed by atoms with Crippen molar-refractivity contribution in [3.05, 3.63) is 29.6 Å². The molecular weight excluding hydrogens is 323 g/mol. The number of anilines is 1. The lowest BCUT2D eigenvalue weighted by Gasteiger charge is -2.32. The van der Waals surface area contributed by atoms with Crippen LogP contribution in [-0.4, -0.2) is 41.9 Å². The van der Waals surface area contributed by atoms with Crippen LogP contribution in [0.3, 0.4) is 0 Å². The molecule has 1 aliphatic carbocycles. The van der Waals surface area contributed by atoms with E-state index in [1.54, 1.807) is 0 Å². The Morgan fingerprint density at radius 2 is 1.62 bits per heavy atom. The minimum atomic E-state index is -1.69. The van der Waals surface area contributed by atoms with Crippen LogP contribution in [0.25, 0.3) is 0 Å². The Labute approximate surface area is 137 Å². The number of carbonyl (C=O) groups excluding carboxylic acids is 2. The molecule has 0 spiro atoms. The lowest BCUT2D eigenvalue weighted by molar-refractivity contribution is -0.136. The van der Waals surface area contributed by atoms with Crippen LogP contribution in [0.4, 0.5) is 18.9 Å². The topological polar surface area (TPSA) is 61.4 Å². The molecule has 0 atom stereocenters. The highest BCUT2D eigenvalue weighted by molar-refractivity contribution is 6.39. The maximum absolute atomic E-state index is 13.5. The van der Waals surface area contributed by atoms with E-state index in [9.17, 15) is 22.8 Å². The molecular formula is C16H18F3N3O2. The monoisotopic (exact) mass is 341 g/mol. The number of nitrogens with zero attached hydrogens (tertiary/aromatic N) is 1. The summed E-state index contributed by atoms with van der Waals surface area (Å²) in [7, 11) is 0. The van der Waals surface area contributed by atoms with Gasteiger partial charge in [-0.25, -0.2) is 13.2 Å². The van der Waals surface area contributed by atoms with Crippen LogP contribution in [0.5, 0.6) is 0 Å². The Kier molecular flexibility index (Phi) is 4.75. The summed E-state index contributed by atoms with van der Waals surface area (Å²) in [5, 5.41) is 4.56. The summed E-state index contributed by atoms with van der Waals surface area (Å²) < 4.78 is 39.5. The summed E-state index contributed by atoms with van der Waals surface area (Å²) in [6, 6.07) is 2.10. The third-order valence-electron chi connectivity index (χ3n) is 4.42. The van der Waals surface area contributed by atoms with Gasteiger partial charge in [-0.3, -0.25) is 9.59 Å². The van der Waals surface area contributed by atoms with Gasteiger partial charge >= 0.3 is 11.8 Å². The van der Waals surface area contributed by atoms with Crippen LogP contribution in [0.15, 0.2) is 12.1 Å². The predicted octanol–water partition coefficient (Wildman–Crippen LogP) is 1.79. The number of carbonyl (C=O) groups is 2. The van der Waals surface area contributed by atoms with E-state index >= 15 is 0 Å². The van der Waals surface area contributed by atoms with E-state index in [0.717, 1.165) is 32.0 Å². The Morgan fingerprint density at radius 1 is 0.958 bits per heavy atom. The molecule has 3 rings (SSSR count). The largest absolute Gasteiger partial charge is 0.345 e. The summed E-state index contributed by atoms with van der Waals surface area (Å²) in [6.45, 7) is 1.74. The van der Waals surface area contributed by atoms with Gasteiger partial charge in [-0.05, 0) is 37.8 Å². The molecule has 1 saturated carbocycles. The molecule has 1 heterocycles. The van der Waals surface area contributed by atoms with Gasteiger partial charge in [0.15, 0.2) is 17.5 Å². The molecule has 1 aliphatic heterocycles. The molecule has 130 valence electrons. The molecule has 2 N–H and O–H groups in total. The van der Waals surface area contributed by atoms with Gasteiger partial charge in [0.05, 0.1) is 5.69 Å². The second-order valence-corrected chi connectivity index (χ2v) is 6.19. The third-order valence-corrected chi connectivity index (χ3v) is 4.42. The summed E-state index contributed by atoms with van der Waals surface area (Å²) in [5.41, 5.74) is -0.572. The maximum atomic E-state index is 13.5. The van der Waals surface area contributed by atoms with E-state index < -0.39 is 35.0 Å². The van der Waals surface area contributed by atoms with Crippen molar-refractivity contribution in [3.8, 4) is 0 Å². The fraction of sp³-hybridized carbons (Fsp3) is 0.500. The SMILES string of the molecule is O=C(Nc1ccc(F)c(F)c1F)C(=O)NC1CCN(C2CC2)CC1. The first-order valence-electron chi connectivity index (χ1n) is 7.95. The first-order chi connectivity index (χ1) is 11.5. The number of benzene rings is 1.